The second-order valence-electron chi connectivity index (χ2n) is 5.58. The van der Waals surface area contributed by atoms with Gasteiger partial charge in [0.2, 0.25) is 0 Å². The van der Waals surface area contributed by atoms with Crippen molar-refractivity contribution in [3.05, 3.63) is 0 Å². The van der Waals surface area contributed by atoms with E-state index in [1.807, 2.05) is 28.1 Å². The molecule has 0 heterocycles. The minimum atomic E-state index is -0.822. The summed E-state index contributed by atoms with van der Waals surface area (Å²) in [6.07, 6.45) is 2.08. The van der Waals surface area contributed by atoms with Crippen LogP contribution in [0.25, 0.3) is 0 Å². The fraction of sp³-hybridized carbons (Fsp3) is 0.923. The summed E-state index contributed by atoms with van der Waals surface area (Å²) in [5.41, 5.74) is 5.49. The molecule has 18 heavy (non-hydrogen) atoms. The molecule has 1 aliphatic rings. The molecule has 5 heteroatoms. The molecular formula is C13H27N3O2. The third-order valence-corrected chi connectivity index (χ3v) is 3.42. The zero-order valence-corrected chi connectivity index (χ0v) is 12.1. The minimum absolute atomic E-state index is 0.246. The molecule has 2 N–H and O–H groups in total. The van der Waals surface area contributed by atoms with Crippen LogP contribution in [-0.2, 0) is 9.53 Å². The van der Waals surface area contributed by atoms with E-state index in [1.165, 1.54) is 0 Å². The van der Waals surface area contributed by atoms with E-state index in [4.69, 9.17) is 10.5 Å². The SMILES string of the molecule is CCOC(=O)C(N)(CN(C)CCN(C)C)C1CC1. The van der Waals surface area contributed by atoms with Crippen LogP contribution in [-0.4, -0.2) is 68.7 Å². The standard InChI is InChI=1S/C13H27N3O2/c1-5-18-12(17)13(14,11-6-7-11)10-16(4)9-8-15(2)3/h11H,5-10,14H2,1-4H3. The van der Waals surface area contributed by atoms with Crippen LogP contribution in [0.5, 0.6) is 0 Å². The van der Waals surface area contributed by atoms with Gasteiger partial charge in [0.05, 0.1) is 6.61 Å². The summed E-state index contributed by atoms with van der Waals surface area (Å²) >= 11 is 0. The molecule has 1 aliphatic carbocycles. The Bertz CT molecular complexity index is 279. The molecule has 0 aliphatic heterocycles. The smallest absolute Gasteiger partial charge is 0.327 e. The van der Waals surface area contributed by atoms with Crippen LogP contribution in [0.4, 0.5) is 0 Å². The Hall–Kier alpha value is -0.650. The van der Waals surface area contributed by atoms with Gasteiger partial charge in [0.15, 0.2) is 0 Å². The summed E-state index contributed by atoms with van der Waals surface area (Å²) in [5.74, 6) is 0.0440. The van der Waals surface area contributed by atoms with Gasteiger partial charge in [-0.05, 0) is 46.8 Å². The maximum atomic E-state index is 12.0. The van der Waals surface area contributed by atoms with Crippen LogP contribution in [0.15, 0.2) is 0 Å². The Morgan fingerprint density at radius 1 is 1.33 bits per heavy atom. The molecule has 0 bridgehead atoms. The van der Waals surface area contributed by atoms with E-state index in [-0.39, 0.29) is 5.97 Å². The van der Waals surface area contributed by atoms with Crippen molar-refractivity contribution in [2.45, 2.75) is 25.3 Å². The molecule has 5 nitrogen and oxygen atoms in total. The van der Waals surface area contributed by atoms with Gasteiger partial charge in [-0.1, -0.05) is 0 Å². The number of rotatable bonds is 8. The molecule has 1 atom stereocenters. The highest BCUT2D eigenvalue weighted by atomic mass is 16.5. The predicted molar refractivity (Wildman–Crippen MR) is 72.3 cm³/mol. The molecule has 0 spiro atoms. The van der Waals surface area contributed by atoms with Gasteiger partial charge < -0.3 is 20.3 Å². The Labute approximate surface area is 110 Å². The second kappa shape index (κ2) is 6.50. The summed E-state index contributed by atoms with van der Waals surface area (Å²) in [6, 6.07) is 0. The second-order valence-corrected chi connectivity index (χ2v) is 5.58. The van der Waals surface area contributed by atoms with E-state index < -0.39 is 5.54 Å². The Balaban J connectivity index is 2.54. The van der Waals surface area contributed by atoms with Gasteiger partial charge in [0, 0.05) is 19.6 Å². The number of hydrogen-bond donors (Lipinski definition) is 1. The number of likely N-dealkylation sites (N-methyl/N-ethyl adjacent to an activating group) is 2. The zero-order chi connectivity index (χ0) is 13.8. The highest BCUT2D eigenvalue weighted by Crippen LogP contribution is 2.39. The van der Waals surface area contributed by atoms with E-state index in [2.05, 4.69) is 9.80 Å². The molecule has 1 unspecified atom stereocenters. The van der Waals surface area contributed by atoms with E-state index >= 15 is 0 Å². The maximum Gasteiger partial charge on any atom is 0.327 e. The lowest BCUT2D eigenvalue weighted by atomic mass is 9.94. The average Bonchev–Trinajstić information content (AvgIpc) is 3.10. The molecule has 1 fully saturated rings. The van der Waals surface area contributed by atoms with Gasteiger partial charge >= 0.3 is 5.97 Å². The summed E-state index contributed by atoms with van der Waals surface area (Å²) in [7, 11) is 6.08. The van der Waals surface area contributed by atoms with Crippen molar-refractivity contribution in [1.82, 2.24) is 9.80 Å². The first-order valence-corrected chi connectivity index (χ1v) is 6.69. The molecular weight excluding hydrogens is 230 g/mol. The third-order valence-electron chi connectivity index (χ3n) is 3.42. The molecule has 0 aromatic carbocycles. The van der Waals surface area contributed by atoms with Gasteiger partial charge in [-0.2, -0.15) is 0 Å². The molecule has 1 saturated carbocycles. The first kappa shape index (κ1) is 15.4. The Morgan fingerprint density at radius 3 is 2.39 bits per heavy atom. The molecule has 0 radical (unpaired) electrons. The lowest BCUT2D eigenvalue weighted by Crippen LogP contribution is -2.58. The third kappa shape index (κ3) is 4.23. The van der Waals surface area contributed by atoms with Crippen LogP contribution in [0.2, 0.25) is 0 Å². The van der Waals surface area contributed by atoms with Gasteiger partial charge in [-0.25, -0.2) is 4.79 Å². The summed E-state index contributed by atoms with van der Waals surface area (Å²) in [5, 5.41) is 0. The number of hydrogen-bond acceptors (Lipinski definition) is 5. The first-order valence-electron chi connectivity index (χ1n) is 6.69. The first-order chi connectivity index (χ1) is 8.40. The lowest BCUT2D eigenvalue weighted by molar-refractivity contribution is -0.151. The molecule has 0 aromatic heterocycles. The molecule has 0 amide bonds. The van der Waals surface area contributed by atoms with E-state index in [0.29, 0.717) is 19.1 Å². The Kier molecular flexibility index (Phi) is 5.56. The van der Waals surface area contributed by atoms with Gasteiger partial charge in [-0.15, -0.1) is 0 Å². The highest BCUT2D eigenvalue weighted by Gasteiger charge is 2.49. The van der Waals surface area contributed by atoms with Crippen molar-refractivity contribution in [2.75, 3.05) is 47.4 Å². The molecule has 0 aromatic rings. The molecule has 106 valence electrons. The Morgan fingerprint density at radius 2 is 1.94 bits per heavy atom. The largest absolute Gasteiger partial charge is 0.465 e. The normalized spacial score (nSPS) is 19.1. The predicted octanol–water partition coefficient (Wildman–Crippen LogP) is 0.150. The monoisotopic (exact) mass is 257 g/mol. The lowest BCUT2D eigenvalue weighted by Gasteiger charge is -2.32. The van der Waals surface area contributed by atoms with Crippen molar-refractivity contribution in [1.29, 1.82) is 0 Å². The molecule has 0 saturated heterocycles. The van der Waals surface area contributed by atoms with Crippen molar-refractivity contribution in [3.63, 3.8) is 0 Å². The minimum Gasteiger partial charge on any atom is -0.465 e. The summed E-state index contributed by atoms with van der Waals surface area (Å²) in [4.78, 5) is 16.3. The van der Waals surface area contributed by atoms with Crippen molar-refractivity contribution in [2.24, 2.45) is 11.7 Å². The average molecular weight is 257 g/mol. The van der Waals surface area contributed by atoms with Crippen LogP contribution >= 0.6 is 0 Å². The van der Waals surface area contributed by atoms with Crippen LogP contribution in [0.3, 0.4) is 0 Å². The fourth-order valence-electron chi connectivity index (χ4n) is 2.12. The van der Waals surface area contributed by atoms with E-state index in [1.54, 1.807) is 0 Å². The molecule has 1 rings (SSSR count). The zero-order valence-electron chi connectivity index (χ0n) is 12.1. The quantitative estimate of drug-likeness (QED) is 0.627. The van der Waals surface area contributed by atoms with Gasteiger partial charge in [-0.3, -0.25) is 0 Å². The van der Waals surface area contributed by atoms with Crippen LogP contribution < -0.4 is 5.73 Å². The number of esters is 1. The maximum absolute atomic E-state index is 12.0. The number of carbonyl (C=O) groups excluding carboxylic acids is 1. The van der Waals surface area contributed by atoms with E-state index in [0.717, 1.165) is 25.9 Å². The van der Waals surface area contributed by atoms with Gasteiger partial charge in [0.1, 0.15) is 5.54 Å². The number of ether oxygens (including phenoxy) is 1. The van der Waals surface area contributed by atoms with Crippen LogP contribution in [0, 0.1) is 5.92 Å². The summed E-state index contributed by atoms with van der Waals surface area (Å²) < 4.78 is 5.13. The van der Waals surface area contributed by atoms with Crippen molar-refractivity contribution >= 4 is 5.97 Å². The number of nitrogens with zero attached hydrogens (tertiary/aromatic N) is 2. The summed E-state index contributed by atoms with van der Waals surface area (Å²) in [6.45, 7) is 4.65. The topological polar surface area (TPSA) is 58.8 Å². The number of nitrogens with two attached hydrogens (primary N) is 1. The van der Waals surface area contributed by atoms with E-state index in [9.17, 15) is 4.79 Å². The number of carbonyl (C=O) groups is 1. The highest BCUT2D eigenvalue weighted by molar-refractivity contribution is 5.82. The van der Waals surface area contributed by atoms with Crippen LogP contribution in [0.1, 0.15) is 19.8 Å². The van der Waals surface area contributed by atoms with Gasteiger partial charge in [0.25, 0.3) is 0 Å². The van der Waals surface area contributed by atoms with Crippen molar-refractivity contribution in [3.8, 4) is 0 Å². The fourth-order valence-corrected chi connectivity index (χ4v) is 2.12. The van der Waals surface area contributed by atoms with Crippen molar-refractivity contribution < 1.29 is 9.53 Å².